The summed E-state index contributed by atoms with van der Waals surface area (Å²) in [6.45, 7) is 0.522. The fourth-order valence-corrected chi connectivity index (χ4v) is 2.22. The van der Waals surface area contributed by atoms with Gasteiger partial charge in [-0.2, -0.15) is 11.3 Å². The van der Waals surface area contributed by atoms with Crippen LogP contribution in [0.5, 0.6) is 5.75 Å². The van der Waals surface area contributed by atoms with E-state index < -0.39 is 0 Å². The molecule has 0 fully saturated rings. The van der Waals surface area contributed by atoms with Gasteiger partial charge in [-0.1, -0.05) is 0 Å². The van der Waals surface area contributed by atoms with E-state index in [2.05, 4.69) is 5.32 Å². The second-order valence-electron chi connectivity index (χ2n) is 3.77. The van der Waals surface area contributed by atoms with Crippen molar-refractivity contribution >= 4 is 22.9 Å². The van der Waals surface area contributed by atoms with E-state index in [-0.39, 0.29) is 5.91 Å². The SMILES string of the molecule is COc1ccc(C(=O)NCc2ccsc2)cc1N. The summed E-state index contributed by atoms with van der Waals surface area (Å²) >= 11 is 1.61. The van der Waals surface area contributed by atoms with Gasteiger partial charge < -0.3 is 15.8 Å². The molecular weight excluding hydrogens is 248 g/mol. The minimum atomic E-state index is -0.143. The Hall–Kier alpha value is -2.01. The number of rotatable bonds is 4. The van der Waals surface area contributed by atoms with Gasteiger partial charge in [-0.15, -0.1) is 0 Å². The highest BCUT2D eigenvalue weighted by molar-refractivity contribution is 7.07. The van der Waals surface area contributed by atoms with Crippen molar-refractivity contribution in [3.8, 4) is 5.75 Å². The van der Waals surface area contributed by atoms with Gasteiger partial charge in [0.05, 0.1) is 12.8 Å². The standard InChI is InChI=1S/C13H14N2O2S/c1-17-12-3-2-10(6-11(12)14)13(16)15-7-9-4-5-18-8-9/h2-6,8H,7,14H2,1H3,(H,15,16). The van der Waals surface area contributed by atoms with Gasteiger partial charge in [0.15, 0.2) is 0 Å². The molecule has 2 aromatic rings. The first-order chi connectivity index (χ1) is 8.70. The van der Waals surface area contributed by atoms with Crippen LogP contribution in [-0.4, -0.2) is 13.0 Å². The zero-order valence-corrected chi connectivity index (χ0v) is 10.8. The van der Waals surface area contributed by atoms with Gasteiger partial charge in [-0.25, -0.2) is 0 Å². The van der Waals surface area contributed by atoms with E-state index in [4.69, 9.17) is 10.5 Å². The number of nitrogen functional groups attached to an aromatic ring is 1. The summed E-state index contributed by atoms with van der Waals surface area (Å²) in [5.41, 5.74) is 7.84. The number of hydrogen-bond donors (Lipinski definition) is 2. The highest BCUT2D eigenvalue weighted by atomic mass is 32.1. The lowest BCUT2D eigenvalue weighted by molar-refractivity contribution is 0.0951. The molecule has 0 saturated carbocycles. The molecule has 1 aromatic carbocycles. The third-order valence-electron chi connectivity index (χ3n) is 2.53. The van der Waals surface area contributed by atoms with Crippen LogP contribution in [-0.2, 0) is 6.54 Å². The Balaban J connectivity index is 2.02. The number of thiophene rings is 1. The van der Waals surface area contributed by atoms with E-state index in [0.29, 0.717) is 23.5 Å². The Morgan fingerprint density at radius 1 is 1.44 bits per heavy atom. The number of anilines is 1. The Morgan fingerprint density at radius 3 is 2.89 bits per heavy atom. The molecule has 0 aliphatic carbocycles. The zero-order chi connectivity index (χ0) is 13.0. The molecule has 1 amide bonds. The van der Waals surface area contributed by atoms with Crippen LogP contribution in [0.3, 0.4) is 0 Å². The molecule has 94 valence electrons. The van der Waals surface area contributed by atoms with Gasteiger partial charge in [-0.05, 0) is 40.6 Å². The number of benzene rings is 1. The van der Waals surface area contributed by atoms with Crippen LogP contribution in [0.1, 0.15) is 15.9 Å². The molecule has 0 spiro atoms. The van der Waals surface area contributed by atoms with Crippen molar-refractivity contribution in [3.63, 3.8) is 0 Å². The molecule has 5 heteroatoms. The van der Waals surface area contributed by atoms with Crippen molar-refractivity contribution in [2.75, 3.05) is 12.8 Å². The smallest absolute Gasteiger partial charge is 0.251 e. The fourth-order valence-electron chi connectivity index (χ4n) is 1.55. The monoisotopic (exact) mass is 262 g/mol. The summed E-state index contributed by atoms with van der Waals surface area (Å²) < 4.78 is 5.04. The van der Waals surface area contributed by atoms with Crippen molar-refractivity contribution in [3.05, 3.63) is 46.2 Å². The molecular formula is C13H14N2O2S. The lowest BCUT2D eigenvalue weighted by Crippen LogP contribution is -2.22. The van der Waals surface area contributed by atoms with Crippen LogP contribution in [0.25, 0.3) is 0 Å². The van der Waals surface area contributed by atoms with Crippen molar-refractivity contribution < 1.29 is 9.53 Å². The highest BCUT2D eigenvalue weighted by Crippen LogP contribution is 2.21. The first kappa shape index (κ1) is 12.4. The number of ether oxygens (including phenoxy) is 1. The van der Waals surface area contributed by atoms with Gasteiger partial charge in [0, 0.05) is 12.1 Å². The summed E-state index contributed by atoms with van der Waals surface area (Å²) in [4.78, 5) is 11.9. The normalized spacial score (nSPS) is 10.1. The molecule has 1 heterocycles. The van der Waals surface area contributed by atoms with E-state index in [1.165, 1.54) is 0 Å². The summed E-state index contributed by atoms with van der Waals surface area (Å²) in [6.07, 6.45) is 0. The summed E-state index contributed by atoms with van der Waals surface area (Å²) in [5.74, 6) is 0.430. The maximum Gasteiger partial charge on any atom is 0.251 e. The van der Waals surface area contributed by atoms with E-state index in [1.54, 1.807) is 36.6 Å². The highest BCUT2D eigenvalue weighted by Gasteiger charge is 2.08. The Kier molecular flexibility index (Phi) is 3.84. The Labute approximate surface area is 109 Å². The molecule has 18 heavy (non-hydrogen) atoms. The van der Waals surface area contributed by atoms with E-state index in [9.17, 15) is 4.79 Å². The van der Waals surface area contributed by atoms with Crippen molar-refractivity contribution in [1.82, 2.24) is 5.32 Å². The zero-order valence-electron chi connectivity index (χ0n) is 9.97. The minimum absolute atomic E-state index is 0.143. The lowest BCUT2D eigenvalue weighted by atomic mass is 10.1. The molecule has 0 saturated heterocycles. The molecule has 0 aliphatic rings. The molecule has 0 bridgehead atoms. The molecule has 0 unspecified atom stereocenters. The first-order valence-corrected chi connectivity index (χ1v) is 6.38. The number of carbonyl (C=O) groups excluding carboxylic acids is 1. The summed E-state index contributed by atoms with van der Waals surface area (Å²) in [6, 6.07) is 6.97. The largest absolute Gasteiger partial charge is 0.495 e. The topological polar surface area (TPSA) is 64.3 Å². The van der Waals surface area contributed by atoms with Crippen LogP contribution in [0.4, 0.5) is 5.69 Å². The number of nitrogens with two attached hydrogens (primary N) is 1. The molecule has 0 radical (unpaired) electrons. The average molecular weight is 262 g/mol. The second kappa shape index (κ2) is 5.55. The van der Waals surface area contributed by atoms with Crippen LogP contribution in [0, 0.1) is 0 Å². The van der Waals surface area contributed by atoms with Crippen LogP contribution in [0.15, 0.2) is 35.0 Å². The van der Waals surface area contributed by atoms with Gasteiger partial charge in [0.25, 0.3) is 5.91 Å². The fraction of sp³-hybridized carbons (Fsp3) is 0.154. The molecule has 2 rings (SSSR count). The first-order valence-electron chi connectivity index (χ1n) is 5.43. The van der Waals surface area contributed by atoms with Gasteiger partial charge in [0.1, 0.15) is 5.75 Å². The van der Waals surface area contributed by atoms with E-state index >= 15 is 0 Å². The number of amides is 1. The predicted molar refractivity (Wildman–Crippen MR) is 72.9 cm³/mol. The van der Waals surface area contributed by atoms with Crippen molar-refractivity contribution in [2.24, 2.45) is 0 Å². The Morgan fingerprint density at radius 2 is 2.28 bits per heavy atom. The molecule has 0 atom stereocenters. The Bertz CT molecular complexity index is 538. The predicted octanol–water partition coefficient (Wildman–Crippen LogP) is 2.27. The third-order valence-corrected chi connectivity index (χ3v) is 3.26. The van der Waals surface area contributed by atoms with E-state index in [0.717, 1.165) is 5.56 Å². The molecule has 0 aliphatic heterocycles. The van der Waals surface area contributed by atoms with Gasteiger partial charge in [0.2, 0.25) is 0 Å². The summed E-state index contributed by atoms with van der Waals surface area (Å²) in [5, 5.41) is 6.82. The van der Waals surface area contributed by atoms with Crippen molar-refractivity contribution in [2.45, 2.75) is 6.54 Å². The van der Waals surface area contributed by atoms with Crippen LogP contribution < -0.4 is 15.8 Å². The molecule has 3 N–H and O–H groups in total. The maximum atomic E-state index is 11.9. The second-order valence-corrected chi connectivity index (χ2v) is 4.55. The third kappa shape index (κ3) is 2.81. The van der Waals surface area contributed by atoms with E-state index in [1.807, 2.05) is 16.8 Å². The lowest BCUT2D eigenvalue weighted by Gasteiger charge is -2.07. The average Bonchev–Trinajstić information content (AvgIpc) is 2.89. The summed E-state index contributed by atoms with van der Waals surface area (Å²) in [7, 11) is 1.54. The quantitative estimate of drug-likeness (QED) is 0.831. The van der Waals surface area contributed by atoms with Gasteiger partial charge in [-0.3, -0.25) is 4.79 Å². The molecule has 1 aromatic heterocycles. The van der Waals surface area contributed by atoms with Crippen LogP contribution >= 0.6 is 11.3 Å². The van der Waals surface area contributed by atoms with Crippen molar-refractivity contribution in [1.29, 1.82) is 0 Å². The van der Waals surface area contributed by atoms with Gasteiger partial charge >= 0.3 is 0 Å². The van der Waals surface area contributed by atoms with Crippen LogP contribution in [0.2, 0.25) is 0 Å². The minimum Gasteiger partial charge on any atom is -0.495 e. The maximum absolute atomic E-state index is 11.9. The number of carbonyl (C=O) groups is 1. The number of methoxy groups -OCH3 is 1. The number of hydrogen-bond acceptors (Lipinski definition) is 4. The number of nitrogens with one attached hydrogen (secondary N) is 1. The molecule has 4 nitrogen and oxygen atoms in total.